The molecule has 180 valence electrons. The van der Waals surface area contributed by atoms with Crippen molar-refractivity contribution in [2.24, 2.45) is 0 Å². The monoisotopic (exact) mass is 460 g/mol. The summed E-state index contributed by atoms with van der Waals surface area (Å²) >= 11 is 0. The van der Waals surface area contributed by atoms with E-state index in [1.54, 1.807) is 6.92 Å². The third-order valence-corrected chi connectivity index (χ3v) is 10.7. The second kappa shape index (κ2) is 10.9. The molecule has 0 aromatic heterocycles. The number of hydrogen-bond donors (Lipinski definition) is 1. The van der Waals surface area contributed by atoms with Gasteiger partial charge in [-0.15, -0.1) is 0 Å². The lowest BCUT2D eigenvalue weighted by atomic mass is 9.82. The molecule has 0 unspecified atom stereocenters. The second-order valence-corrected chi connectivity index (χ2v) is 14.4. The number of esters is 1. The zero-order valence-electron chi connectivity index (χ0n) is 20.5. The first-order valence-corrected chi connectivity index (χ1v) is 13.7. The van der Waals surface area contributed by atoms with Gasteiger partial charge in [0.15, 0.2) is 8.32 Å². The van der Waals surface area contributed by atoms with Gasteiger partial charge in [-0.3, -0.25) is 0 Å². The number of rotatable bonds is 11. The fourth-order valence-corrected chi connectivity index (χ4v) is 4.59. The Morgan fingerprint density at radius 3 is 2.26 bits per heavy atom. The highest BCUT2D eigenvalue weighted by Gasteiger charge is 2.57. The summed E-state index contributed by atoms with van der Waals surface area (Å²) in [7, 11) is 0.246. The molecule has 1 N–H and O–H groups in total. The molecule has 0 aromatic rings. The maximum Gasteiger partial charge on any atom is 0.371 e. The minimum Gasteiger partial charge on any atom is -0.480 e. The van der Waals surface area contributed by atoms with Crippen molar-refractivity contribution in [3.05, 3.63) is 11.3 Å². The molecule has 0 amide bonds. The van der Waals surface area contributed by atoms with Crippen molar-refractivity contribution in [3.63, 3.8) is 0 Å². The van der Waals surface area contributed by atoms with Crippen LogP contribution in [0.3, 0.4) is 0 Å². The largest absolute Gasteiger partial charge is 0.480 e. The van der Waals surface area contributed by atoms with Crippen LogP contribution in [0.1, 0.15) is 60.3 Å². The van der Waals surface area contributed by atoms with Crippen LogP contribution in [0.15, 0.2) is 11.3 Å². The van der Waals surface area contributed by atoms with Crippen LogP contribution >= 0.6 is 0 Å². The van der Waals surface area contributed by atoms with Gasteiger partial charge in [-0.25, -0.2) is 9.59 Å². The van der Waals surface area contributed by atoms with Gasteiger partial charge < -0.3 is 28.5 Å². The minimum atomic E-state index is -2.46. The molecule has 0 saturated carbocycles. The molecule has 1 aliphatic heterocycles. The summed E-state index contributed by atoms with van der Waals surface area (Å²) in [4.78, 5) is 24.9. The number of carbonyl (C=O) groups is 2. The maximum atomic E-state index is 12.8. The number of unbranched alkanes of at least 4 members (excludes halogenated alkanes) is 2. The van der Waals surface area contributed by atoms with E-state index in [1.807, 2.05) is 13.1 Å². The van der Waals surface area contributed by atoms with Crippen molar-refractivity contribution in [2.75, 3.05) is 21.0 Å². The number of carbonyl (C=O) groups excluding carboxylic acids is 1. The average molecular weight is 461 g/mol. The van der Waals surface area contributed by atoms with Gasteiger partial charge in [-0.1, -0.05) is 40.5 Å². The Balaban J connectivity index is 3.69. The van der Waals surface area contributed by atoms with E-state index in [0.717, 1.165) is 19.3 Å². The highest BCUT2D eigenvalue weighted by molar-refractivity contribution is 6.74. The SMILES string of the molecule is CCCCC[C@H]1OC(C(=O)O)=C(C(=O)OC)[C@@H](O[Si](C)(C)C(C)(C)C)[C@@]1(C)OCOC. The van der Waals surface area contributed by atoms with Crippen molar-refractivity contribution < 1.29 is 38.1 Å². The Hall–Kier alpha value is -1.42. The van der Waals surface area contributed by atoms with Crippen LogP contribution in [-0.2, 0) is 33.0 Å². The van der Waals surface area contributed by atoms with Crippen LogP contribution in [-0.4, -0.2) is 64.2 Å². The first kappa shape index (κ1) is 27.6. The Bertz CT molecular complexity index is 667. The van der Waals surface area contributed by atoms with Crippen LogP contribution in [0.25, 0.3) is 0 Å². The number of carboxylic acid groups (broad SMARTS) is 1. The molecule has 0 saturated heterocycles. The van der Waals surface area contributed by atoms with Crippen molar-refractivity contribution in [3.8, 4) is 0 Å². The zero-order chi connectivity index (χ0) is 24.0. The van der Waals surface area contributed by atoms with Crippen molar-refractivity contribution in [1.82, 2.24) is 0 Å². The van der Waals surface area contributed by atoms with Gasteiger partial charge in [0.2, 0.25) is 5.76 Å². The second-order valence-electron chi connectivity index (χ2n) is 9.63. The van der Waals surface area contributed by atoms with Crippen LogP contribution in [0.5, 0.6) is 0 Å². The smallest absolute Gasteiger partial charge is 0.371 e. The van der Waals surface area contributed by atoms with Gasteiger partial charge in [0.05, 0.1) is 7.11 Å². The maximum absolute atomic E-state index is 12.8. The Morgan fingerprint density at radius 2 is 1.81 bits per heavy atom. The first-order chi connectivity index (χ1) is 14.3. The summed E-state index contributed by atoms with van der Waals surface area (Å²) in [6.45, 7) is 14.1. The molecule has 0 bridgehead atoms. The summed E-state index contributed by atoms with van der Waals surface area (Å²) in [6, 6.07) is 0. The summed E-state index contributed by atoms with van der Waals surface area (Å²) < 4.78 is 28.8. The molecule has 1 rings (SSSR count). The lowest BCUT2D eigenvalue weighted by molar-refractivity contribution is -0.219. The van der Waals surface area contributed by atoms with Crippen LogP contribution in [0, 0.1) is 0 Å². The lowest BCUT2D eigenvalue weighted by Gasteiger charge is -2.50. The van der Waals surface area contributed by atoms with Gasteiger partial charge in [0, 0.05) is 7.11 Å². The predicted molar refractivity (Wildman–Crippen MR) is 119 cm³/mol. The molecular formula is C22H40O8Si. The lowest BCUT2D eigenvalue weighted by Crippen LogP contribution is -2.62. The van der Waals surface area contributed by atoms with E-state index in [1.165, 1.54) is 14.2 Å². The zero-order valence-corrected chi connectivity index (χ0v) is 21.5. The molecular weight excluding hydrogens is 420 g/mol. The van der Waals surface area contributed by atoms with Crippen molar-refractivity contribution in [2.45, 2.75) is 96.2 Å². The molecule has 31 heavy (non-hydrogen) atoms. The first-order valence-electron chi connectivity index (χ1n) is 10.8. The molecule has 0 radical (unpaired) electrons. The standard InChI is InChI=1S/C22H40O8Si/c1-10-11-12-13-15-22(5,28-14-26-6)18(30-31(8,9)21(2,3)4)16(20(25)27-7)17(29-15)19(23)24/h15,18H,10-14H2,1-9H3,(H,23,24)/t15-,18-,22+/m1/s1. The van der Waals surface area contributed by atoms with Gasteiger partial charge in [0.25, 0.3) is 0 Å². The molecule has 9 heteroatoms. The fourth-order valence-electron chi connectivity index (χ4n) is 3.30. The molecule has 0 aromatic carbocycles. The number of hydrogen-bond acceptors (Lipinski definition) is 7. The van der Waals surface area contributed by atoms with Gasteiger partial charge in [-0.2, -0.15) is 0 Å². The Kier molecular flexibility index (Phi) is 9.74. The highest BCUT2D eigenvalue weighted by atomic mass is 28.4. The Morgan fingerprint density at radius 1 is 1.19 bits per heavy atom. The highest BCUT2D eigenvalue weighted by Crippen LogP contribution is 2.45. The fraction of sp³-hybridized carbons (Fsp3) is 0.818. The molecule has 8 nitrogen and oxygen atoms in total. The van der Waals surface area contributed by atoms with E-state index in [2.05, 4.69) is 27.7 Å². The number of aliphatic carboxylic acids is 1. The third kappa shape index (κ3) is 6.31. The topological polar surface area (TPSA) is 101 Å². The molecule has 0 fully saturated rings. The minimum absolute atomic E-state index is 0.0572. The summed E-state index contributed by atoms with van der Waals surface area (Å²) in [5.41, 5.74) is -1.31. The van der Waals surface area contributed by atoms with E-state index in [0.29, 0.717) is 6.42 Å². The molecule has 0 spiro atoms. The number of ether oxygens (including phenoxy) is 4. The summed E-state index contributed by atoms with van der Waals surface area (Å²) in [5.74, 6) is -2.57. The average Bonchev–Trinajstić information content (AvgIpc) is 2.67. The van der Waals surface area contributed by atoms with Crippen molar-refractivity contribution in [1.29, 1.82) is 0 Å². The van der Waals surface area contributed by atoms with Crippen molar-refractivity contribution >= 4 is 20.3 Å². The van der Waals surface area contributed by atoms with E-state index in [4.69, 9.17) is 23.4 Å². The quantitative estimate of drug-likeness (QED) is 0.211. The summed E-state index contributed by atoms with van der Waals surface area (Å²) in [5, 5.41) is 9.68. The Labute approximate surface area is 187 Å². The van der Waals surface area contributed by atoms with Crippen LogP contribution < -0.4 is 0 Å². The van der Waals surface area contributed by atoms with Crippen LogP contribution in [0.2, 0.25) is 18.1 Å². The molecule has 1 heterocycles. The predicted octanol–water partition coefficient (Wildman–Crippen LogP) is 4.25. The van der Waals surface area contributed by atoms with E-state index in [-0.39, 0.29) is 17.4 Å². The van der Waals surface area contributed by atoms with Crippen LogP contribution in [0.4, 0.5) is 0 Å². The molecule has 0 aliphatic carbocycles. The number of carboxylic acids is 1. The molecule has 1 aliphatic rings. The summed E-state index contributed by atoms with van der Waals surface area (Å²) in [6.07, 6.45) is 1.72. The third-order valence-electron chi connectivity index (χ3n) is 6.30. The van der Waals surface area contributed by atoms with Gasteiger partial charge in [0.1, 0.15) is 30.2 Å². The molecule has 3 atom stereocenters. The van der Waals surface area contributed by atoms with E-state index < -0.39 is 43.8 Å². The van der Waals surface area contributed by atoms with E-state index in [9.17, 15) is 14.7 Å². The normalized spacial score (nSPS) is 24.7. The number of methoxy groups -OCH3 is 2. The van der Waals surface area contributed by atoms with Gasteiger partial charge in [-0.05, 0) is 37.9 Å². The van der Waals surface area contributed by atoms with E-state index >= 15 is 0 Å². The van der Waals surface area contributed by atoms with Gasteiger partial charge >= 0.3 is 11.9 Å².